The third-order valence-electron chi connectivity index (χ3n) is 3.76. The summed E-state index contributed by atoms with van der Waals surface area (Å²) in [6.07, 6.45) is 0. The van der Waals surface area contributed by atoms with E-state index in [2.05, 4.69) is 15.5 Å². The quantitative estimate of drug-likeness (QED) is 0.732. The first-order valence-corrected chi connectivity index (χ1v) is 8.96. The SMILES string of the molecule is Cc1ccc(C(=O)N[C@H](c2nnc(SCC(N)=O)n2C)C(C)C)cc1. The Balaban J connectivity index is 2.19. The molecule has 2 rings (SSSR count). The summed E-state index contributed by atoms with van der Waals surface area (Å²) in [5.41, 5.74) is 6.87. The zero-order valence-corrected chi connectivity index (χ0v) is 15.6. The van der Waals surface area contributed by atoms with Crippen LogP contribution in [0.25, 0.3) is 0 Å². The highest BCUT2D eigenvalue weighted by molar-refractivity contribution is 7.99. The van der Waals surface area contributed by atoms with Crippen LogP contribution in [-0.2, 0) is 11.8 Å². The normalized spacial score (nSPS) is 12.2. The summed E-state index contributed by atoms with van der Waals surface area (Å²) in [6.45, 7) is 5.99. The first kappa shape index (κ1) is 19.0. The summed E-state index contributed by atoms with van der Waals surface area (Å²) in [4.78, 5) is 23.5. The van der Waals surface area contributed by atoms with Gasteiger partial charge in [-0.25, -0.2) is 0 Å². The van der Waals surface area contributed by atoms with E-state index in [4.69, 9.17) is 5.73 Å². The number of thioether (sulfide) groups is 1. The number of hydrogen-bond acceptors (Lipinski definition) is 5. The van der Waals surface area contributed by atoms with Crippen LogP contribution >= 0.6 is 11.8 Å². The molecule has 3 N–H and O–H groups in total. The number of carbonyl (C=O) groups is 2. The number of primary amides is 1. The summed E-state index contributed by atoms with van der Waals surface area (Å²) in [5, 5.41) is 11.9. The maximum Gasteiger partial charge on any atom is 0.251 e. The zero-order chi connectivity index (χ0) is 18.6. The first-order chi connectivity index (χ1) is 11.8. The highest BCUT2D eigenvalue weighted by Gasteiger charge is 2.25. The van der Waals surface area contributed by atoms with Crippen LogP contribution in [0.1, 0.15) is 41.6 Å². The van der Waals surface area contributed by atoms with Crippen molar-refractivity contribution >= 4 is 23.6 Å². The monoisotopic (exact) mass is 361 g/mol. The predicted octanol–water partition coefficient (Wildman–Crippen LogP) is 1.83. The van der Waals surface area contributed by atoms with Crippen LogP contribution in [0.4, 0.5) is 0 Å². The molecule has 1 atom stereocenters. The van der Waals surface area contributed by atoms with E-state index >= 15 is 0 Å². The highest BCUT2D eigenvalue weighted by atomic mass is 32.2. The van der Waals surface area contributed by atoms with Crippen LogP contribution in [0, 0.1) is 12.8 Å². The first-order valence-electron chi connectivity index (χ1n) is 7.97. The molecular formula is C17H23N5O2S. The van der Waals surface area contributed by atoms with E-state index in [9.17, 15) is 9.59 Å². The average Bonchev–Trinajstić information content (AvgIpc) is 2.91. The maximum absolute atomic E-state index is 12.5. The summed E-state index contributed by atoms with van der Waals surface area (Å²) in [7, 11) is 1.81. The molecule has 0 fully saturated rings. The molecule has 1 aromatic heterocycles. The molecule has 25 heavy (non-hydrogen) atoms. The number of aromatic nitrogens is 3. The van der Waals surface area contributed by atoms with Crippen molar-refractivity contribution in [1.82, 2.24) is 20.1 Å². The second-order valence-electron chi connectivity index (χ2n) is 6.22. The van der Waals surface area contributed by atoms with Gasteiger partial charge in [0.2, 0.25) is 5.91 Å². The lowest BCUT2D eigenvalue weighted by Gasteiger charge is -2.21. The molecule has 2 aromatic rings. The summed E-state index contributed by atoms with van der Waals surface area (Å²) < 4.78 is 1.79. The van der Waals surface area contributed by atoms with Crippen LogP contribution in [0.15, 0.2) is 29.4 Å². The average molecular weight is 361 g/mol. The van der Waals surface area contributed by atoms with Crippen molar-refractivity contribution < 1.29 is 9.59 Å². The fourth-order valence-electron chi connectivity index (χ4n) is 2.32. The van der Waals surface area contributed by atoms with Crippen LogP contribution in [0.5, 0.6) is 0 Å². The van der Waals surface area contributed by atoms with E-state index in [1.54, 1.807) is 16.7 Å². The Kier molecular flexibility index (Phi) is 6.19. The van der Waals surface area contributed by atoms with Crippen molar-refractivity contribution in [2.24, 2.45) is 18.7 Å². The molecule has 134 valence electrons. The number of hydrogen-bond donors (Lipinski definition) is 2. The second-order valence-corrected chi connectivity index (χ2v) is 7.16. The van der Waals surface area contributed by atoms with Gasteiger partial charge in [0.05, 0.1) is 11.8 Å². The largest absolute Gasteiger partial charge is 0.369 e. The Morgan fingerprint density at radius 2 is 1.88 bits per heavy atom. The minimum absolute atomic E-state index is 0.117. The second kappa shape index (κ2) is 8.15. The Morgan fingerprint density at radius 1 is 1.24 bits per heavy atom. The van der Waals surface area contributed by atoms with Gasteiger partial charge in [0.15, 0.2) is 11.0 Å². The molecular weight excluding hydrogens is 338 g/mol. The molecule has 0 spiro atoms. The lowest BCUT2D eigenvalue weighted by Crippen LogP contribution is -2.33. The van der Waals surface area contributed by atoms with Gasteiger partial charge in [0, 0.05) is 12.6 Å². The van der Waals surface area contributed by atoms with Gasteiger partial charge in [-0.1, -0.05) is 43.3 Å². The molecule has 8 heteroatoms. The molecule has 0 saturated carbocycles. The van der Waals surface area contributed by atoms with Crippen LogP contribution < -0.4 is 11.1 Å². The number of benzene rings is 1. The maximum atomic E-state index is 12.5. The van der Waals surface area contributed by atoms with Gasteiger partial charge in [0.25, 0.3) is 5.91 Å². The van der Waals surface area contributed by atoms with Crippen molar-refractivity contribution in [3.05, 3.63) is 41.2 Å². The third kappa shape index (κ3) is 4.82. The van der Waals surface area contributed by atoms with Gasteiger partial charge in [-0.2, -0.15) is 0 Å². The minimum Gasteiger partial charge on any atom is -0.369 e. The van der Waals surface area contributed by atoms with Gasteiger partial charge in [-0.15, -0.1) is 10.2 Å². The molecule has 0 radical (unpaired) electrons. The van der Waals surface area contributed by atoms with E-state index in [1.807, 2.05) is 40.0 Å². The standard InChI is InChI=1S/C17H23N5O2S/c1-10(2)14(19-16(24)12-7-5-11(3)6-8-12)15-20-21-17(22(15)4)25-9-13(18)23/h5-8,10,14H,9H2,1-4H3,(H2,18,23)(H,19,24)/t14-/m0/s1. The van der Waals surface area contributed by atoms with E-state index in [-0.39, 0.29) is 23.6 Å². The molecule has 7 nitrogen and oxygen atoms in total. The van der Waals surface area contributed by atoms with Gasteiger partial charge in [-0.3, -0.25) is 9.59 Å². The highest BCUT2D eigenvalue weighted by Crippen LogP contribution is 2.24. The van der Waals surface area contributed by atoms with Crippen molar-refractivity contribution in [2.75, 3.05) is 5.75 Å². The predicted molar refractivity (Wildman–Crippen MR) is 97.1 cm³/mol. The number of nitrogens with one attached hydrogen (secondary N) is 1. The van der Waals surface area contributed by atoms with Crippen LogP contribution in [0.3, 0.4) is 0 Å². The summed E-state index contributed by atoms with van der Waals surface area (Å²) >= 11 is 1.22. The fourth-order valence-corrected chi connectivity index (χ4v) is 2.97. The van der Waals surface area contributed by atoms with Crippen molar-refractivity contribution in [3.63, 3.8) is 0 Å². The molecule has 0 bridgehead atoms. The van der Waals surface area contributed by atoms with Gasteiger partial charge >= 0.3 is 0 Å². The molecule has 1 aromatic carbocycles. The molecule has 2 amide bonds. The van der Waals surface area contributed by atoms with E-state index in [0.717, 1.165) is 5.56 Å². The Bertz CT molecular complexity index is 755. The molecule has 0 aliphatic heterocycles. The van der Waals surface area contributed by atoms with Crippen molar-refractivity contribution in [3.8, 4) is 0 Å². The topological polar surface area (TPSA) is 103 Å². The van der Waals surface area contributed by atoms with Gasteiger partial charge in [-0.05, 0) is 25.0 Å². The zero-order valence-electron chi connectivity index (χ0n) is 14.8. The van der Waals surface area contributed by atoms with Crippen molar-refractivity contribution in [2.45, 2.75) is 32.0 Å². The Hall–Kier alpha value is -2.35. The number of aryl methyl sites for hydroxylation is 1. The fraction of sp³-hybridized carbons (Fsp3) is 0.412. The molecule has 0 aliphatic rings. The molecule has 0 unspecified atom stereocenters. The summed E-state index contributed by atoms with van der Waals surface area (Å²) in [5.74, 6) is 0.318. The third-order valence-corrected chi connectivity index (χ3v) is 4.80. The van der Waals surface area contributed by atoms with Crippen molar-refractivity contribution in [1.29, 1.82) is 0 Å². The van der Waals surface area contributed by atoms with E-state index < -0.39 is 5.91 Å². The van der Waals surface area contributed by atoms with E-state index in [0.29, 0.717) is 16.5 Å². The van der Waals surface area contributed by atoms with Crippen LogP contribution in [-0.4, -0.2) is 32.3 Å². The van der Waals surface area contributed by atoms with Gasteiger partial charge < -0.3 is 15.6 Å². The number of rotatable bonds is 7. The Labute approximate surface area is 151 Å². The molecule has 0 saturated heterocycles. The molecule has 0 aliphatic carbocycles. The number of carbonyl (C=O) groups excluding carboxylic acids is 2. The summed E-state index contributed by atoms with van der Waals surface area (Å²) in [6, 6.07) is 7.11. The van der Waals surface area contributed by atoms with Gasteiger partial charge in [0.1, 0.15) is 0 Å². The number of nitrogens with zero attached hydrogens (tertiary/aromatic N) is 3. The number of nitrogens with two attached hydrogens (primary N) is 1. The smallest absolute Gasteiger partial charge is 0.251 e. The Morgan fingerprint density at radius 3 is 2.44 bits per heavy atom. The molecule has 1 heterocycles. The lowest BCUT2D eigenvalue weighted by atomic mass is 10.0. The minimum atomic E-state index is -0.414. The van der Waals surface area contributed by atoms with Crippen LogP contribution in [0.2, 0.25) is 0 Å². The number of amides is 2. The lowest BCUT2D eigenvalue weighted by molar-refractivity contribution is -0.115. The van der Waals surface area contributed by atoms with E-state index in [1.165, 1.54) is 11.8 Å².